The van der Waals surface area contributed by atoms with Crippen LogP contribution in [0, 0.1) is 0 Å². The number of thiazole rings is 1. The molecule has 0 unspecified atom stereocenters. The fourth-order valence-corrected chi connectivity index (χ4v) is 5.41. The Bertz CT molecular complexity index is 1140. The third kappa shape index (κ3) is 6.09. The maximum Gasteiger partial charge on any atom is 0.340 e. The topological polar surface area (TPSA) is 71.5 Å². The monoisotopic (exact) mass is 491 g/mol. The Morgan fingerprint density at radius 1 is 1.06 bits per heavy atom. The minimum Gasteiger partial charge on any atom is -0.462 e. The smallest absolute Gasteiger partial charge is 0.340 e. The molecule has 0 spiro atoms. The number of hydrogen-bond donors (Lipinski definition) is 1. The Kier molecular flexibility index (Phi) is 8.53. The number of urea groups is 1. The molecular weight excluding hydrogens is 458 g/mol. The maximum atomic E-state index is 13.2. The molecule has 1 aliphatic carbocycles. The molecule has 1 aliphatic rings. The standard InChI is InChI=1S/C28H33N3O3S/c1-3-18-31(27(33)29-24-13-9-8-12-23(24)26(32)34-4-2)28-30-25(19-35-28)22-16-14-21(15-17-22)20-10-6-5-7-11-20/h8-9,12-17,19-20H,3-7,10-11,18H2,1-2H3,(H,29,33). The van der Waals surface area contributed by atoms with E-state index in [9.17, 15) is 9.59 Å². The molecule has 1 aromatic heterocycles. The summed E-state index contributed by atoms with van der Waals surface area (Å²) in [7, 11) is 0. The normalized spacial score (nSPS) is 13.9. The average Bonchev–Trinajstić information content (AvgIpc) is 3.38. The lowest BCUT2D eigenvalue weighted by Crippen LogP contribution is -2.36. The van der Waals surface area contributed by atoms with E-state index in [0.717, 1.165) is 17.7 Å². The molecule has 184 valence electrons. The summed E-state index contributed by atoms with van der Waals surface area (Å²) in [5.74, 6) is 0.212. The van der Waals surface area contributed by atoms with Gasteiger partial charge in [0.1, 0.15) is 0 Å². The second-order valence-corrected chi connectivity index (χ2v) is 9.66. The van der Waals surface area contributed by atoms with Crippen LogP contribution >= 0.6 is 11.3 Å². The number of ether oxygens (including phenoxy) is 1. The van der Waals surface area contributed by atoms with Crippen molar-refractivity contribution >= 4 is 34.2 Å². The Morgan fingerprint density at radius 3 is 2.51 bits per heavy atom. The molecular formula is C28H33N3O3S. The SMILES string of the molecule is CCCN(C(=O)Nc1ccccc1C(=O)OCC)c1nc(-c2ccc(C3CCCCC3)cc2)cs1. The lowest BCUT2D eigenvalue weighted by molar-refractivity contribution is 0.0527. The zero-order valence-corrected chi connectivity index (χ0v) is 21.3. The van der Waals surface area contributed by atoms with E-state index in [1.165, 1.54) is 49.0 Å². The molecule has 3 aromatic rings. The first-order chi connectivity index (χ1) is 17.1. The maximum absolute atomic E-state index is 13.2. The van der Waals surface area contributed by atoms with Crippen molar-refractivity contribution in [2.24, 2.45) is 0 Å². The van der Waals surface area contributed by atoms with Gasteiger partial charge in [0.15, 0.2) is 5.13 Å². The number of nitrogens with one attached hydrogen (secondary N) is 1. The van der Waals surface area contributed by atoms with Gasteiger partial charge in [-0.25, -0.2) is 14.6 Å². The Balaban J connectivity index is 1.50. The number of benzene rings is 2. The highest BCUT2D eigenvalue weighted by Gasteiger charge is 2.22. The third-order valence-electron chi connectivity index (χ3n) is 6.36. The summed E-state index contributed by atoms with van der Waals surface area (Å²) in [6, 6.07) is 15.3. The molecule has 1 heterocycles. The summed E-state index contributed by atoms with van der Waals surface area (Å²) in [4.78, 5) is 31.9. The lowest BCUT2D eigenvalue weighted by Gasteiger charge is -2.22. The van der Waals surface area contributed by atoms with Gasteiger partial charge in [0.2, 0.25) is 0 Å². The molecule has 6 nitrogen and oxygen atoms in total. The molecule has 4 rings (SSSR count). The van der Waals surface area contributed by atoms with Crippen LogP contribution in [0.5, 0.6) is 0 Å². The van der Waals surface area contributed by atoms with Crippen LogP contribution in [0.25, 0.3) is 11.3 Å². The number of hydrogen-bond acceptors (Lipinski definition) is 5. The predicted molar refractivity (Wildman–Crippen MR) is 142 cm³/mol. The van der Waals surface area contributed by atoms with Crippen molar-refractivity contribution in [2.75, 3.05) is 23.4 Å². The number of nitrogens with zero attached hydrogens (tertiary/aromatic N) is 2. The van der Waals surface area contributed by atoms with E-state index in [0.29, 0.717) is 28.8 Å². The van der Waals surface area contributed by atoms with Crippen LogP contribution < -0.4 is 10.2 Å². The van der Waals surface area contributed by atoms with Crippen molar-refractivity contribution < 1.29 is 14.3 Å². The molecule has 0 aliphatic heterocycles. The molecule has 7 heteroatoms. The Morgan fingerprint density at radius 2 is 1.80 bits per heavy atom. The van der Waals surface area contributed by atoms with Crippen LogP contribution in [0.15, 0.2) is 53.9 Å². The summed E-state index contributed by atoms with van der Waals surface area (Å²) >= 11 is 1.44. The summed E-state index contributed by atoms with van der Waals surface area (Å²) in [5, 5.41) is 5.50. The number of aromatic nitrogens is 1. The lowest BCUT2D eigenvalue weighted by atomic mass is 9.84. The van der Waals surface area contributed by atoms with Crippen molar-refractivity contribution in [3.8, 4) is 11.3 Å². The zero-order valence-electron chi connectivity index (χ0n) is 20.5. The van der Waals surface area contributed by atoms with Gasteiger partial charge < -0.3 is 10.1 Å². The first kappa shape index (κ1) is 24.9. The third-order valence-corrected chi connectivity index (χ3v) is 7.23. The van der Waals surface area contributed by atoms with Crippen molar-refractivity contribution in [3.63, 3.8) is 0 Å². The van der Waals surface area contributed by atoms with Crippen molar-refractivity contribution in [1.29, 1.82) is 0 Å². The van der Waals surface area contributed by atoms with E-state index in [2.05, 4.69) is 29.6 Å². The summed E-state index contributed by atoms with van der Waals surface area (Å²) in [5.41, 5.74) is 4.08. The second kappa shape index (κ2) is 12.0. The van der Waals surface area contributed by atoms with E-state index >= 15 is 0 Å². The molecule has 0 saturated heterocycles. The van der Waals surface area contributed by atoms with Crippen molar-refractivity contribution in [2.45, 2.75) is 58.3 Å². The highest BCUT2D eigenvalue weighted by molar-refractivity contribution is 7.14. The second-order valence-electron chi connectivity index (χ2n) is 8.82. The van der Waals surface area contributed by atoms with Crippen LogP contribution in [0.1, 0.15) is 74.2 Å². The highest BCUT2D eigenvalue weighted by Crippen LogP contribution is 2.34. The molecule has 2 amide bonds. The summed E-state index contributed by atoms with van der Waals surface area (Å²) in [6.07, 6.45) is 7.33. The largest absolute Gasteiger partial charge is 0.462 e. The molecule has 1 fully saturated rings. The summed E-state index contributed by atoms with van der Waals surface area (Å²) in [6.45, 7) is 4.56. The molecule has 1 saturated carbocycles. The minimum atomic E-state index is -0.460. The number of anilines is 2. The van der Waals surface area contributed by atoms with Crippen LogP contribution in [0.4, 0.5) is 15.6 Å². The van der Waals surface area contributed by atoms with Gasteiger partial charge in [0, 0.05) is 17.5 Å². The van der Waals surface area contributed by atoms with Gasteiger partial charge in [0.05, 0.1) is 23.6 Å². The fourth-order valence-electron chi connectivity index (χ4n) is 4.55. The first-order valence-electron chi connectivity index (χ1n) is 12.5. The van der Waals surface area contributed by atoms with E-state index in [4.69, 9.17) is 9.72 Å². The van der Waals surface area contributed by atoms with Crippen LogP contribution in [-0.2, 0) is 4.74 Å². The van der Waals surface area contributed by atoms with E-state index in [1.54, 1.807) is 36.1 Å². The molecule has 1 N–H and O–H groups in total. The average molecular weight is 492 g/mol. The van der Waals surface area contributed by atoms with Gasteiger partial charge in [-0.15, -0.1) is 11.3 Å². The number of carbonyl (C=O) groups is 2. The predicted octanol–water partition coefficient (Wildman–Crippen LogP) is 7.48. The van der Waals surface area contributed by atoms with Crippen molar-refractivity contribution in [3.05, 3.63) is 65.0 Å². The van der Waals surface area contributed by atoms with Crippen molar-refractivity contribution in [1.82, 2.24) is 4.98 Å². The van der Waals surface area contributed by atoms with Crippen LogP contribution in [0.3, 0.4) is 0 Å². The molecule has 35 heavy (non-hydrogen) atoms. The Labute approximate surface area is 211 Å². The first-order valence-corrected chi connectivity index (χ1v) is 13.4. The quantitative estimate of drug-likeness (QED) is 0.332. The van der Waals surface area contributed by atoms with E-state index in [1.807, 2.05) is 12.3 Å². The van der Waals surface area contributed by atoms with Gasteiger partial charge >= 0.3 is 12.0 Å². The minimum absolute atomic E-state index is 0.270. The van der Waals surface area contributed by atoms with Gasteiger partial charge in [-0.1, -0.05) is 62.6 Å². The Hall–Kier alpha value is -3.19. The molecule has 0 bridgehead atoms. The zero-order chi connectivity index (χ0) is 24.6. The number of rotatable bonds is 8. The summed E-state index contributed by atoms with van der Waals surface area (Å²) < 4.78 is 5.13. The van der Waals surface area contributed by atoms with E-state index < -0.39 is 5.97 Å². The molecule has 0 atom stereocenters. The van der Waals surface area contributed by atoms with Gasteiger partial charge in [-0.05, 0) is 49.8 Å². The highest BCUT2D eigenvalue weighted by atomic mass is 32.1. The van der Waals surface area contributed by atoms with Crippen LogP contribution in [-0.4, -0.2) is 30.1 Å². The van der Waals surface area contributed by atoms with Gasteiger partial charge in [0.25, 0.3) is 0 Å². The van der Waals surface area contributed by atoms with Crippen LogP contribution in [0.2, 0.25) is 0 Å². The number of esters is 1. The van der Waals surface area contributed by atoms with Gasteiger partial charge in [-0.2, -0.15) is 0 Å². The number of amides is 2. The van der Waals surface area contributed by atoms with Gasteiger partial charge in [-0.3, -0.25) is 4.90 Å². The van der Waals surface area contributed by atoms with E-state index in [-0.39, 0.29) is 12.6 Å². The molecule has 0 radical (unpaired) electrons. The number of carbonyl (C=O) groups excluding carboxylic acids is 2. The number of para-hydroxylation sites is 1. The fraction of sp³-hybridized carbons (Fsp3) is 0.393. The molecule has 2 aromatic carbocycles.